The predicted octanol–water partition coefficient (Wildman–Crippen LogP) is 1.97. The van der Waals surface area contributed by atoms with Gasteiger partial charge in [-0.2, -0.15) is 0 Å². The monoisotopic (exact) mass is 294 g/mol. The third kappa shape index (κ3) is 2.90. The zero-order valence-electron chi connectivity index (χ0n) is 12.1. The number of urea groups is 1. The van der Waals surface area contributed by atoms with Crippen molar-refractivity contribution in [2.45, 2.75) is 38.3 Å². The van der Waals surface area contributed by atoms with Crippen molar-refractivity contribution >= 4 is 11.9 Å². The summed E-state index contributed by atoms with van der Waals surface area (Å²) < 4.78 is 13.6. The third-order valence-corrected chi connectivity index (χ3v) is 3.71. The Hall–Kier alpha value is -1.95. The average Bonchev–Trinajstić information content (AvgIpc) is 2.63. The molecule has 3 amide bonds. The summed E-state index contributed by atoms with van der Waals surface area (Å²) in [7, 11) is 0. The molecule has 2 rings (SSSR count). The second-order valence-electron chi connectivity index (χ2n) is 5.47. The Morgan fingerprint density at radius 3 is 2.67 bits per heavy atom. The molecule has 1 aliphatic rings. The Morgan fingerprint density at radius 1 is 1.38 bits per heavy atom. The van der Waals surface area contributed by atoms with E-state index in [0.29, 0.717) is 6.42 Å². The standard InChI is InChI=1S/C15H19FN2O3/c1-3-8-15(2)13(20)18(14(21)17-15)9-12(19)10-6-4-5-7-11(10)16/h4-7,12,19H,3,8-9H2,1-2H3,(H,17,21)/t12-,15+/m1/s1. The largest absolute Gasteiger partial charge is 0.386 e. The maximum Gasteiger partial charge on any atom is 0.325 e. The minimum Gasteiger partial charge on any atom is -0.386 e. The average molecular weight is 294 g/mol. The van der Waals surface area contributed by atoms with Crippen LogP contribution in [0, 0.1) is 5.82 Å². The molecule has 5 nitrogen and oxygen atoms in total. The Morgan fingerprint density at radius 2 is 2.05 bits per heavy atom. The Kier molecular flexibility index (Phi) is 4.27. The molecule has 1 aliphatic heterocycles. The summed E-state index contributed by atoms with van der Waals surface area (Å²) in [4.78, 5) is 25.2. The molecule has 114 valence electrons. The number of imide groups is 1. The number of carbonyl (C=O) groups is 2. The summed E-state index contributed by atoms with van der Waals surface area (Å²) in [5, 5.41) is 12.7. The molecular weight excluding hydrogens is 275 g/mol. The van der Waals surface area contributed by atoms with Gasteiger partial charge in [-0.1, -0.05) is 31.5 Å². The minimum atomic E-state index is -1.25. The number of β-amino-alcohol motifs (C(OH)–C–C–N with tert-alkyl or cyclic N) is 1. The van der Waals surface area contributed by atoms with Gasteiger partial charge in [0.2, 0.25) is 0 Å². The third-order valence-electron chi connectivity index (χ3n) is 3.71. The Labute approximate surface area is 122 Å². The van der Waals surface area contributed by atoms with E-state index >= 15 is 0 Å². The second-order valence-corrected chi connectivity index (χ2v) is 5.47. The van der Waals surface area contributed by atoms with Crippen molar-refractivity contribution in [2.24, 2.45) is 0 Å². The van der Waals surface area contributed by atoms with Gasteiger partial charge in [-0.15, -0.1) is 0 Å². The lowest BCUT2D eigenvalue weighted by Gasteiger charge is -2.22. The summed E-state index contributed by atoms with van der Waals surface area (Å²) in [5.41, 5.74) is -0.872. The highest BCUT2D eigenvalue weighted by atomic mass is 19.1. The maximum atomic E-state index is 13.6. The first-order valence-electron chi connectivity index (χ1n) is 6.95. The van der Waals surface area contributed by atoms with Crippen LogP contribution in [0.2, 0.25) is 0 Å². The van der Waals surface area contributed by atoms with Crippen molar-refractivity contribution in [2.75, 3.05) is 6.54 Å². The van der Waals surface area contributed by atoms with Gasteiger partial charge in [0.15, 0.2) is 0 Å². The van der Waals surface area contributed by atoms with Gasteiger partial charge >= 0.3 is 6.03 Å². The van der Waals surface area contributed by atoms with E-state index in [2.05, 4.69) is 5.32 Å². The quantitative estimate of drug-likeness (QED) is 0.816. The highest BCUT2D eigenvalue weighted by molar-refractivity contribution is 6.06. The molecular formula is C15H19FN2O3. The van der Waals surface area contributed by atoms with E-state index in [1.807, 2.05) is 6.92 Å². The molecule has 1 saturated heterocycles. The number of benzene rings is 1. The van der Waals surface area contributed by atoms with E-state index in [1.165, 1.54) is 18.2 Å². The lowest BCUT2D eigenvalue weighted by Crippen LogP contribution is -2.44. The highest BCUT2D eigenvalue weighted by Gasteiger charge is 2.47. The normalized spacial score (nSPS) is 23.3. The molecule has 0 unspecified atom stereocenters. The van der Waals surface area contributed by atoms with Crippen LogP contribution in [0.5, 0.6) is 0 Å². The Bertz CT molecular complexity index is 564. The van der Waals surface area contributed by atoms with Gasteiger partial charge in [-0.05, 0) is 19.4 Å². The molecule has 2 atom stereocenters. The lowest BCUT2D eigenvalue weighted by molar-refractivity contribution is -0.132. The highest BCUT2D eigenvalue weighted by Crippen LogP contribution is 2.25. The van der Waals surface area contributed by atoms with E-state index in [0.717, 1.165) is 11.3 Å². The molecule has 6 heteroatoms. The lowest BCUT2D eigenvalue weighted by atomic mass is 9.96. The van der Waals surface area contributed by atoms with Crippen molar-refractivity contribution in [3.8, 4) is 0 Å². The van der Waals surface area contributed by atoms with Gasteiger partial charge in [0.05, 0.1) is 12.6 Å². The number of aliphatic hydroxyl groups is 1. The van der Waals surface area contributed by atoms with E-state index in [1.54, 1.807) is 13.0 Å². The molecule has 0 saturated carbocycles. The minimum absolute atomic E-state index is 0.0715. The first kappa shape index (κ1) is 15.4. The van der Waals surface area contributed by atoms with Crippen molar-refractivity contribution < 1.29 is 19.1 Å². The van der Waals surface area contributed by atoms with Crippen molar-refractivity contribution in [3.63, 3.8) is 0 Å². The van der Waals surface area contributed by atoms with E-state index in [4.69, 9.17) is 0 Å². The number of hydrogen-bond donors (Lipinski definition) is 2. The van der Waals surface area contributed by atoms with Crippen LogP contribution < -0.4 is 5.32 Å². The molecule has 0 bridgehead atoms. The fourth-order valence-corrected chi connectivity index (χ4v) is 2.60. The van der Waals surface area contributed by atoms with Crippen molar-refractivity contribution in [1.82, 2.24) is 10.2 Å². The van der Waals surface area contributed by atoms with Gasteiger partial charge in [-0.3, -0.25) is 9.69 Å². The van der Waals surface area contributed by atoms with Crippen molar-refractivity contribution in [3.05, 3.63) is 35.6 Å². The predicted molar refractivity (Wildman–Crippen MR) is 74.9 cm³/mol. The number of aliphatic hydroxyl groups excluding tert-OH is 1. The first-order valence-corrected chi connectivity index (χ1v) is 6.95. The summed E-state index contributed by atoms with van der Waals surface area (Å²) in [6.07, 6.45) is 0.0145. The van der Waals surface area contributed by atoms with Crippen LogP contribution in [0.4, 0.5) is 9.18 Å². The summed E-state index contributed by atoms with van der Waals surface area (Å²) >= 11 is 0. The number of nitrogens with one attached hydrogen (secondary N) is 1. The van der Waals surface area contributed by atoms with Crippen LogP contribution in [0.3, 0.4) is 0 Å². The van der Waals surface area contributed by atoms with Gasteiger partial charge < -0.3 is 10.4 Å². The summed E-state index contributed by atoms with van der Waals surface area (Å²) in [5.74, 6) is -0.946. The molecule has 0 spiro atoms. The molecule has 1 fully saturated rings. The van der Waals surface area contributed by atoms with Crippen LogP contribution in [0.15, 0.2) is 24.3 Å². The second kappa shape index (κ2) is 5.81. The molecule has 0 aromatic heterocycles. The van der Waals surface area contributed by atoms with Gasteiger partial charge in [0.25, 0.3) is 5.91 Å². The van der Waals surface area contributed by atoms with Crippen LogP contribution in [-0.2, 0) is 4.79 Å². The van der Waals surface area contributed by atoms with Gasteiger partial charge in [-0.25, -0.2) is 9.18 Å². The fourth-order valence-electron chi connectivity index (χ4n) is 2.60. The van der Waals surface area contributed by atoms with E-state index in [-0.39, 0.29) is 18.0 Å². The fraction of sp³-hybridized carbons (Fsp3) is 0.467. The van der Waals surface area contributed by atoms with Gasteiger partial charge in [0.1, 0.15) is 11.4 Å². The molecule has 21 heavy (non-hydrogen) atoms. The molecule has 2 N–H and O–H groups in total. The van der Waals surface area contributed by atoms with Crippen LogP contribution in [0.1, 0.15) is 38.4 Å². The zero-order chi connectivity index (χ0) is 15.6. The summed E-state index contributed by atoms with van der Waals surface area (Å²) in [6.45, 7) is 3.32. The number of rotatable bonds is 5. The number of halogens is 1. The zero-order valence-corrected chi connectivity index (χ0v) is 12.1. The molecule has 0 aliphatic carbocycles. The number of hydrogen-bond acceptors (Lipinski definition) is 3. The van der Waals surface area contributed by atoms with E-state index < -0.39 is 23.5 Å². The molecule has 0 radical (unpaired) electrons. The number of amides is 3. The van der Waals surface area contributed by atoms with Crippen LogP contribution in [0.25, 0.3) is 0 Å². The molecule has 1 heterocycles. The SMILES string of the molecule is CCC[C@]1(C)NC(=O)N(C[C@@H](O)c2ccccc2F)C1=O. The number of nitrogens with zero attached hydrogens (tertiary/aromatic N) is 1. The first-order chi connectivity index (χ1) is 9.89. The van der Waals surface area contributed by atoms with E-state index in [9.17, 15) is 19.1 Å². The maximum absolute atomic E-state index is 13.6. The number of carbonyl (C=O) groups excluding carboxylic acids is 2. The molecule has 1 aromatic carbocycles. The van der Waals surface area contributed by atoms with Crippen LogP contribution >= 0.6 is 0 Å². The van der Waals surface area contributed by atoms with Crippen LogP contribution in [-0.4, -0.2) is 34.0 Å². The van der Waals surface area contributed by atoms with Crippen molar-refractivity contribution in [1.29, 1.82) is 0 Å². The summed E-state index contributed by atoms with van der Waals surface area (Å²) in [6, 6.07) is 5.22. The smallest absolute Gasteiger partial charge is 0.325 e. The topological polar surface area (TPSA) is 69.6 Å². The Balaban J connectivity index is 2.15. The molecule has 1 aromatic rings. The van der Waals surface area contributed by atoms with Gasteiger partial charge in [0, 0.05) is 5.56 Å².